The minimum Gasteiger partial charge on any atom is -0.383 e. The fourth-order valence-electron chi connectivity index (χ4n) is 1.92. The molecule has 19 heavy (non-hydrogen) atoms. The molecule has 0 saturated carbocycles. The summed E-state index contributed by atoms with van der Waals surface area (Å²) in [5, 5.41) is 0. The Bertz CT molecular complexity index is 263. The standard InChI is InChI=1S/C14H28N2O3/c1-5-8-16(9-6-2)14(18)7-10-15(13(3)17)11-12-19-4/h5-12H2,1-4H3. The quantitative estimate of drug-likeness (QED) is 0.606. The van der Waals surface area contributed by atoms with Crippen LogP contribution < -0.4 is 0 Å². The average Bonchev–Trinajstić information content (AvgIpc) is 2.37. The lowest BCUT2D eigenvalue weighted by molar-refractivity contribution is -0.133. The van der Waals surface area contributed by atoms with E-state index in [9.17, 15) is 9.59 Å². The molecule has 0 aliphatic heterocycles. The molecule has 0 radical (unpaired) electrons. The number of amides is 2. The summed E-state index contributed by atoms with van der Waals surface area (Å²) in [4.78, 5) is 27.1. The van der Waals surface area contributed by atoms with E-state index in [-0.39, 0.29) is 11.8 Å². The molecule has 0 heterocycles. The fraction of sp³-hybridized carbons (Fsp3) is 0.857. The smallest absolute Gasteiger partial charge is 0.224 e. The number of methoxy groups -OCH3 is 1. The van der Waals surface area contributed by atoms with E-state index in [1.165, 1.54) is 6.92 Å². The zero-order valence-corrected chi connectivity index (χ0v) is 12.8. The Hall–Kier alpha value is -1.10. The molecule has 0 unspecified atom stereocenters. The summed E-state index contributed by atoms with van der Waals surface area (Å²) >= 11 is 0. The zero-order valence-electron chi connectivity index (χ0n) is 12.8. The van der Waals surface area contributed by atoms with Crippen LogP contribution in [0.1, 0.15) is 40.0 Å². The lowest BCUT2D eigenvalue weighted by atomic mass is 10.3. The Morgan fingerprint density at radius 2 is 1.53 bits per heavy atom. The van der Waals surface area contributed by atoms with E-state index in [4.69, 9.17) is 4.74 Å². The van der Waals surface area contributed by atoms with E-state index < -0.39 is 0 Å². The summed E-state index contributed by atoms with van der Waals surface area (Å²) < 4.78 is 4.96. The van der Waals surface area contributed by atoms with Gasteiger partial charge in [0.15, 0.2) is 0 Å². The Labute approximate surface area is 116 Å². The molecule has 0 atom stereocenters. The molecule has 2 amide bonds. The minimum absolute atomic E-state index is 0.0117. The molecule has 0 aromatic rings. The maximum absolute atomic E-state index is 12.1. The van der Waals surface area contributed by atoms with Crippen LogP contribution in [0.3, 0.4) is 0 Å². The third kappa shape index (κ3) is 7.82. The van der Waals surface area contributed by atoms with Crippen molar-refractivity contribution in [3.05, 3.63) is 0 Å². The lowest BCUT2D eigenvalue weighted by Crippen LogP contribution is -2.38. The summed E-state index contributed by atoms with van der Waals surface area (Å²) in [6.45, 7) is 8.77. The molecule has 0 aromatic heterocycles. The monoisotopic (exact) mass is 272 g/mol. The van der Waals surface area contributed by atoms with Crippen LogP contribution in [0.25, 0.3) is 0 Å². The van der Waals surface area contributed by atoms with E-state index in [1.54, 1.807) is 12.0 Å². The molecule has 0 aliphatic rings. The van der Waals surface area contributed by atoms with Crippen molar-refractivity contribution in [1.82, 2.24) is 9.80 Å². The van der Waals surface area contributed by atoms with Gasteiger partial charge in [0.25, 0.3) is 0 Å². The molecule has 0 spiro atoms. The number of carbonyl (C=O) groups excluding carboxylic acids is 2. The number of carbonyl (C=O) groups is 2. The van der Waals surface area contributed by atoms with Crippen molar-refractivity contribution in [3.8, 4) is 0 Å². The highest BCUT2D eigenvalue weighted by Crippen LogP contribution is 2.01. The molecule has 112 valence electrons. The molecule has 0 aromatic carbocycles. The van der Waals surface area contributed by atoms with Crippen molar-refractivity contribution in [3.63, 3.8) is 0 Å². The van der Waals surface area contributed by atoms with Gasteiger partial charge < -0.3 is 14.5 Å². The summed E-state index contributed by atoms with van der Waals surface area (Å²) in [6.07, 6.45) is 2.32. The summed E-state index contributed by atoms with van der Waals surface area (Å²) in [5.41, 5.74) is 0. The van der Waals surface area contributed by atoms with Gasteiger partial charge in [-0.15, -0.1) is 0 Å². The second-order valence-electron chi connectivity index (χ2n) is 4.63. The summed E-state index contributed by atoms with van der Waals surface area (Å²) in [6, 6.07) is 0. The Morgan fingerprint density at radius 1 is 0.947 bits per heavy atom. The largest absolute Gasteiger partial charge is 0.383 e. The van der Waals surface area contributed by atoms with E-state index in [0.717, 1.165) is 25.9 Å². The fourth-order valence-corrected chi connectivity index (χ4v) is 1.92. The molecular formula is C14H28N2O3. The highest BCUT2D eigenvalue weighted by atomic mass is 16.5. The van der Waals surface area contributed by atoms with Crippen molar-refractivity contribution in [2.75, 3.05) is 39.9 Å². The van der Waals surface area contributed by atoms with Gasteiger partial charge in [0.05, 0.1) is 6.61 Å². The van der Waals surface area contributed by atoms with Gasteiger partial charge in [-0.2, -0.15) is 0 Å². The molecule has 0 fully saturated rings. The van der Waals surface area contributed by atoms with Crippen molar-refractivity contribution < 1.29 is 14.3 Å². The van der Waals surface area contributed by atoms with Gasteiger partial charge in [0, 0.05) is 46.6 Å². The number of rotatable bonds is 10. The Morgan fingerprint density at radius 3 is 1.95 bits per heavy atom. The third-order valence-electron chi connectivity index (χ3n) is 2.95. The number of hydrogen-bond donors (Lipinski definition) is 0. The maximum atomic E-state index is 12.1. The van der Waals surface area contributed by atoms with Crippen LogP contribution in [0, 0.1) is 0 Å². The first-order chi connectivity index (χ1) is 9.06. The van der Waals surface area contributed by atoms with E-state index >= 15 is 0 Å². The summed E-state index contributed by atoms with van der Waals surface area (Å²) in [5.74, 6) is 0.120. The van der Waals surface area contributed by atoms with Gasteiger partial charge in [0.1, 0.15) is 0 Å². The first-order valence-corrected chi connectivity index (χ1v) is 7.09. The first kappa shape index (κ1) is 17.9. The normalized spacial score (nSPS) is 10.3. The highest BCUT2D eigenvalue weighted by molar-refractivity contribution is 5.78. The minimum atomic E-state index is -0.0117. The van der Waals surface area contributed by atoms with E-state index in [2.05, 4.69) is 13.8 Å². The van der Waals surface area contributed by atoms with Gasteiger partial charge in [-0.05, 0) is 12.8 Å². The van der Waals surface area contributed by atoms with E-state index in [1.807, 2.05) is 4.90 Å². The number of ether oxygens (including phenoxy) is 1. The van der Waals surface area contributed by atoms with Crippen LogP contribution in [0.5, 0.6) is 0 Å². The van der Waals surface area contributed by atoms with Crippen LogP contribution in [0.15, 0.2) is 0 Å². The van der Waals surface area contributed by atoms with Crippen LogP contribution in [0.4, 0.5) is 0 Å². The van der Waals surface area contributed by atoms with Crippen molar-refractivity contribution in [2.24, 2.45) is 0 Å². The molecule has 0 aliphatic carbocycles. The molecule has 0 saturated heterocycles. The maximum Gasteiger partial charge on any atom is 0.224 e. The first-order valence-electron chi connectivity index (χ1n) is 7.09. The molecule has 5 nitrogen and oxygen atoms in total. The summed E-state index contributed by atoms with van der Waals surface area (Å²) in [7, 11) is 1.60. The zero-order chi connectivity index (χ0) is 14.7. The van der Waals surface area contributed by atoms with Crippen LogP contribution in [-0.4, -0.2) is 61.5 Å². The predicted molar refractivity (Wildman–Crippen MR) is 75.9 cm³/mol. The van der Waals surface area contributed by atoms with Crippen molar-refractivity contribution in [1.29, 1.82) is 0 Å². The molecular weight excluding hydrogens is 244 g/mol. The van der Waals surface area contributed by atoms with E-state index in [0.29, 0.717) is 26.1 Å². The SMILES string of the molecule is CCCN(CCC)C(=O)CCN(CCOC)C(C)=O. The number of nitrogens with zero attached hydrogens (tertiary/aromatic N) is 2. The highest BCUT2D eigenvalue weighted by Gasteiger charge is 2.15. The van der Waals surface area contributed by atoms with Crippen molar-refractivity contribution in [2.45, 2.75) is 40.0 Å². The molecule has 0 N–H and O–H groups in total. The molecule has 5 heteroatoms. The van der Waals surface area contributed by atoms with Gasteiger partial charge >= 0.3 is 0 Å². The average molecular weight is 272 g/mol. The third-order valence-corrected chi connectivity index (χ3v) is 2.95. The number of hydrogen-bond acceptors (Lipinski definition) is 3. The van der Waals surface area contributed by atoms with Gasteiger partial charge in [-0.1, -0.05) is 13.8 Å². The molecule has 0 bridgehead atoms. The van der Waals surface area contributed by atoms with Gasteiger partial charge in [-0.3, -0.25) is 9.59 Å². The van der Waals surface area contributed by atoms with Crippen LogP contribution in [0.2, 0.25) is 0 Å². The predicted octanol–water partition coefficient (Wildman–Crippen LogP) is 1.52. The second-order valence-corrected chi connectivity index (χ2v) is 4.63. The van der Waals surface area contributed by atoms with Gasteiger partial charge in [-0.25, -0.2) is 0 Å². The lowest BCUT2D eigenvalue weighted by Gasteiger charge is -2.24. The molecule has 0 rings (SSSR count). The van der Waals surface area contributed by atoms with Crippen LogP contribution in [-0.2, 0) is 14.3 Å². The topological polar surface area (TPSA) is 49.9 Å². The van der Waals surface area contributed by atoms with Gasteiger partial charge in [0.2, 0.25) is 11.8 Å². The Kier molecular flexibility index (Phi) is 10.2. The van der Waals surface area contributed by atoms with Crippen molar-refractivity contribution >= 4 is 11.8 Å². The van der Waals surface area contributed by atoms with Crippen LogP contribution >= 0.6 is 0 Å². The Balaban J connectivity index is 4.23. The second kappa shape index (κ2) is 10.8.